The first-order valence-electron chi connectivity index (χ1n) is 7.75. The largest absolute Gasteiger partial charge is 0.392 e. The average molecular weight is 341 g/mol. The SMILES string of the molecule is Cc1ccc2c(c1)SNC(C(=O)NCCc1ccccc1CO)=N2. The zero-order valence-corrected chi connectivity index (χ0v) is 14.2. The number of carbonyl (C=O) groups excluding carboxylic acids is 1. The van der Waals surface area contributed by atoms with Crippen LogP contribution in [0.25, 0.3) is 0 Å². The molecule has 0 aliphatic carbocycles. The summed E-state index contributed by atoms with van der Waals surface area (Å²) in [5, 5.41) is 12.2. The average Bonchev–Trinajstić information content (AvgIpc) is 2.61. The highest BCUT2D eigenvalue weighted by molar-refractivity contribution is 7.98. The zero-order chi connectivity index (χ0) is 16.9. The Balaban J connectivity index is 1.61. The molecule has 1 aliphatic heterocycles. The number of fused-ring (bicyclic) bond motifs is 1. The van der Waals surface area contributed by atoms with E-state index in [0.717, 1.165) is 27.3 Å². The Labute approximate surface area is 145 Å². The van der Waals surface area contributed by atoms with Gasteiger partial charge in [0.25, 0.3) is 5.91 Å². The van der Waals surface area contributed by atoms with E-state index in [1.807, 2.05) is 49.4 Å². The van der Waals surface area contributed by atoms with Gasteiger partial charge in [0, 0.05) is 6.54 Å². The van der Waals surface area contributed by atoms with Gasteiger partial charge in [0.2, 0.25) is 5.84 Å². The first-order chi connectivity index (χ1) is 11.7. The van der Waals surface area contributed by atoms with E-state index in [-0.39, 0.29) is 12.5 Å². The fraction of sp³-hybridized carbons (Fsp3) is 0.222. The predicted molar refractivity (Wildman–Crippen MR) is 96.3 cm³/mol. The van der Waals surface area contributed by atoms with Gasteiger partial charge in [-0.3, -0.25) is 4.79 Å². The van der Waals surface area contributed by atoms with Crippen LogP contribution in [0.15, 0.2) is 52.4 Å². The summed E-state index contributed by atoms with van der Waals surface area (Å²) in [7, 11) is 0. The van der Waals surface area contributed by atoms with Crippen molar-refractivity contribution < 1.29 is 9.90 Å². The second-order valence-corrected chi connectivity index (χ2v) is 6.42. The molecule has 2 aromatic rings. The summed E-state index contributed by atoms with van der Waals surface area (Å²) in [6.45, 7) is 2.52. The Morgan fingerprint density at radius 2 is 2.04 bits per heavy atom. The van der Waals surface area contributed by atoms with Crippen molar-refractivity contribution in [2.45, 2.75) is 24.8 Å². The molecule has 24 heavy (non-hydrogen) atoms. The zero-order valence-electron chi connectivity index (χ0n) is 13.4. The molecule has 0 fully saturated rings. The molecule has 124 valence electrons. The summed E-state index contributed by atoms with van der Waals surface area (Å²) >= 11 is 1.40. The smallest absolute Gasteiger partial charge is 0.287 e. The number of nitrogens with one attached hydrogen (secondary N) is 2. The number of aliphatic hydroxyl groups is 1. The third kappa shape index (κ3) is 3.77. The molecule has 2 aromatic carbocycles. The van der Waals surface area contributed by atoms with E-state index >= 15 is 0 Å². The van der Waals surface area contributed by atoms with Gasteiger partial charge in [-0.1, -0.05) is 30.3 Å². The highest BCUT2D eigenvalue weighted by Gasteiger charge is 2.18. The highest BCUT2D eigenvalue weighted by atomic mass is 32.2. The minimum atomic E-state index is -0.227. The van der Waals surface area contributed by atoms with E-state index < -0.39 is 0 Å². The topological polar surface area (TPSA) is 73.7 Å². The van der Waals surface area contributed by atoms with Crippen LogP contribution in [-0.2, 0) is 17.8 Å². The summed E-state index contributed by atoms with van der Waals surface area (Å²) in [5.74, 6) is 0.0852. The number of amidine groups is 1. The quantitative estimate of drug-likeness (QED) is 0.731. The highest BCUT2D eigenvalue weighted by Crippen LogP contribution is 2.31. The minimum Gasteiger partial charge on any atom is -0.392 e. The molecule has 3 N–H and O–H groups in total. The minimum absolute atomic E-state index is 0.00518. The fourth-order valence-electron chi connectivity index (χ4n) is 2.49. The van der Waals surface area contributed by atoms with Crippen molar-refractivity contribution in [3.05, 3.63) is 59.2 Å². The molecule has 0 saturated carbocycles. The molecule has 1 heterocycles. The molecule has 5 nitrogen and oxygen atoms in total. The van der Waals surface area contributed by atoms with E-state index in [2.05, 4.69) is 15.0 Å². The van der Waals surface area contributed by atoms with Crippen LogP contribution in [0.3, 0.4) is 0 Å². The number of hydrogen-bond donors (Lipinski definition) is 3. The molecule has 0 unspecified atom stereocenters. The first-order valence-corrected chi connectivity index (χ1v) is 8.57. The van der Waals surface area contributed by atoms with Gasteiger partial charge in [0.15, 0.2) is 0 Å². The van der Waals surface area contributed by atoms with Crippen molar-refractivity contribution in [3.63, 3.8) is 0 Å². The lowest BCUT2D eigenvalue weighted by molar-refractivity contribution is -0.114. The first kappa shape index (κ1) is 16.5. The van der Waals surface area contributed by atoms with Crippen molar-refractivity contribution in [1.29, 1.82) is 0 Å². The van der Waals surface area contributed by atoms with E-state index in [0.29, 0.717) is 18.8 Å². The summed E-state index contributed by atoms with van der Waals surface area (Å²) < 4.78 is 2.99. The monoisotopic (exact) mass is 341 g/mol. The molecule has 0 atom stereocenters. The number of amides is 1. The van der Waals surface area contributed by atoms with Gasteiger partial charge < -0.3 is 15.1 Å². The lowest BCUT2D eigenvalue weighted by atomic mass is 10.1. The maximum atomic E-state index is 12.3. The maximum Gasteiger partial charge on any atom is 0.287 e. The maximum absolute atomic E-state index is 12.3. The number of aryl methyl sites for hydroxylation is 1. The number of hydrogen-bond acceptors (Lipinski definition) is 5. The Kier molecular flexibility index (Phi) is 5.17. The second kappa shape index (κ2) is 7.51. The van der Waals surface area contributed by atoms with Gasteiger partial charge in [0.05, 0.1) is 17.2 Å². The summed E-state index contributed by atoms with van der Waals surface area (Å²) in [6.07, 6.45) is 0.665. The molecule has 0 spiro atoms. The van der Waals surface area contributed by atoms with Gasteiger partial charge >= 0.3 is 0 Å². The van der Waals surface area contributed by atoms with Crippen LogP contribution in [0, 0.1) is 6.92 Å². The van der Waals surface area contributed by atoms with Crippen LogP contribution < -0.4 is 10.0 Å². The molecular weight excluding hydrogens is 322 g/mol. The van der Waals surface area contributed by atoms with Crippen molar-refractivity contribution in [1.82, 2.24) is 10.0 Å². The van der Waals surface area contributed by atoms with Gasteiger partial charge in [-0.25, -0.2) is 4.99 Å². The van der Waals surface area contributed by atoms with Gasteiger partial charge in [0.1, 0.15) is 0 Å². The third-order valence-corrected chi connectivity index (χ3v) is 4.63. The van der Waals surface area contributed by atoms with E-state index in [1.165, 1.54) is 11.9 Å². The number of nitrogens with zero attached hydrogens (tertiary/aromatic N) is 1. The predicted octanol–water partition coefficient (Wildman–Crippen LogP) is 2.49. The van der Waals surface area contributed by atoms with E-state index in [1.54, 1.807) is 0 Å². The van der Waals surface area contributed by atoms with Crippen LogP contribution in [0.1, 0.15) is 16.7 Å². The van der Waals surface area contributed by atoms with Gasteiger partial charge in [-0.05, 0) is 54.1 Å². The second-order valence-electron chi connectivity index (χ2n) is 5.57. The third-order valence-electron chi connectivity index (χ3n) is 3.79. The molecule has 0 bridgehead atoms. The molecule has 1 amide bonds. The van der Waals surface area contributed by atoms with Crippen LogP contribution in [0.5, 0.6) is 0 Å². The lowest BCUT2D eigenvalue weighted by Crippen LogP contribution is -2.39. The van der Waals surface area contributed by atoms with Crippen molar-refractivity contribution in [2.24, 2.45) is 4.99 Å². The normalized spacial score (nSPS) is 12.8. The molecule has 6 heteroatoms. The molecular formula is C18H19N3O2S. The van der Waals surface area contributed by atoms with Crippen molar-refractivity contribution >= 4 is 29.4 Å². The fourth-order valence-corrected chi connectivity index (χ4v) is 3.30. The van der Waals surface area contributed by atoms with E-state index in [9.17, 15) is 9.90 Å². The van der Waals surface area contributed by atoms with Crippen molar-refractivity contribution in [3.8, 4) is 0 Å². The number of aliphatic imine (C=N–C) groups is 1. The van der Waals surface area contributed by atoms with Crippen LogP contribution >= 0.6 is 11.9 Å². The molecule has 3 rings (SSSR count). The Morgan fingerprint density at radius 3 is 2.83 bits per heavy atom. The number of benzene rings is 2. The van der Waals surface area contributed by atoms with Gasteiger partial charge in [-0.2, -0.15) is 0 Å². The summed E-state index contributed by atoms with van der Waals surface area (Å²) in [4.78, 5) is 17.6. The number of carbonyl (C=O) groups is 1. The number of rotatable bonds is 5. The van der Waals surface area contributed by atoms with E-state index in [4.69, 9.17) is 0 Å². The van der Waals surface area contributed by atoms with Crippen LogP contribution in [0.2, 0.25) is 0 Å². The molecule has 0 radical (unpaired) electrons. The Bertz CT molecular complexity index is 790. The van der Waals surface area contributed by atoms with Crippen molar-refractivity contribution in [2.75, 3.05) is 6.54 Å². The van der Waals surface area contributed by atoms with Crippen LogP contribution in [0.4, 0.5) is 5.69 Å². The Hall–Kier alpha value is -2.31. The summed E-state index contributed by atoms with van der Waals surface area (Å²) in [6, 6.07) is 13.6. The van der Waals surface area contributed by atoms with Crippen LogP contribution in [-0.4, -0.2) is 23.4 Å². The lowest BCUT2D eigenvalue weighted by Gasteiger charge is -2.16. The molecule has 0 aromatic heterocycles. The number of aliphatic hydroxyl groups excluding tert-OH is 1. The standard InChI is InChI=1S/C18H19N3O2S/c1-12-6-7-15-16(10-12)24-21-17(20-15)18(23)19-9-8-13-4-2-3-5-14(13)11-22/h2-7,10,22H,8-9,11H2,1H3,(H,19,23)(H,20,21). The summed E-state index contributed by atoms with van der Waals surface area (Å²) in [5.41, 5.74) is 3.89. The van der Waals surface area contributed by atoms with Gasteiger partial charge in [-0.15, -0.1) is 0 Å². The Morgan fingerprint density at radius 1 is 1.25 bits per heavy atom. The molecule has 0 saturated heterocycles. The molecule has 1 aliphatic rings.